The van der Waals surface area contributed by atoms with Gasteiger partial charge in [-0.3, -0.25) is 0 Å². The van der Waals surface area contributed by atoms with Crippen LogP contribution in [0.5, 0.6) is 0 Å². The lowest BCUT2D eigenvalue weighted by Crippen LogP contribution is -2.21. The molecule has 0 aliphatic heterocycles. The van der Waals surface area contributed by atoms with Crippen molar-refractivity contribution >= 4 is 0 Å². The van der Waals surface area contributed by atoms with E-state index in [1.54, 1.807) is 0 Å². The Morgan fingerprint density at radius 3 is 2.76 bits per heavy atom. The maximum Gasteiger partial charge on any atom is 0.0686 e. The average Bonchev–Trinajstić information content (AvgIpc) is 3.15. The second-order valence-corrected chi connectivity index (χ2v) is 5.34. The van der Waals surface area contributed by atoms with Crippen molar-refractivity contribution in [1.29, 1.82) is 0 Å². The van der Waals surface area contributed by atoms with Gasteiger partial charge in [-0.05, 0) is 30.8 Å². The van der Waals surface area contributed by atoms with E-state index in [1.807, 2.05) is 0 Å². The summed E-state index contributed by atoms with van der Waals surface area (Å²) in [6.07, 6.45) is 7.82. The Morgan fingerprint density at radius 1 is 1.41 bits per heavy atom. The first-order chi connectivity index (χ1) is 8.26. The fourth-order valence-electron chi connectivity index (χ4n) is 1.90. The molecule has 1 aliphatic carbocycles. The quantitative estimate of drug-likeness (QED) is 0.557. The summed E-state index contributed by atoms with van der Waals surface area (Å²) in [5, 5.41) is 3.46. The summed E-state index contributed by atoms with van der Waals surface area (Å²) in [6, 6.07) is 0.764. The third kappa shape index (κ3) is 7.56. The second-order valence-electron chi connectivity index (χ2n) is 5.34. The van der Waals surface area contributed by atoms with Crippen molar-refractivity contribution in [2.45, 2.75) is 58.4 Å². The summed E-state index contributed by atoms with van der Waals surface area (Å²) in [7, 11) is 0. The molecule has 1 rings (SSSR count). The lowest BCUT2D eigenvalue weighted by Gasteiger charge is -2.15. The van der Waals surface area contributed by atoms with Crippen molar-refractivity contribution in [2.24, 2.45) is 5.92 Å². The lowest BCUT2D eigenvalue weighted by atomic mass is 10.0. The summed E-state index contributed by atoms with van der Waals surface area (Å²) in [5.74, 6) is 0.735. The van der Waals surface area contributed by atoms with Gasteiger partial charge in [0, 0.05) is 19.2 Å². The Kier molecular flexibility index (Phi) is 7.54. The van der Waals surface area contributed by atoms with Crippen LogP contribution in [-0.4, -0.2) is 25.8 Å². The molecule has 1 fully saturated rings. The second kappa shape index (κ2) is 8.71. The van der Waals surface area contributed by atoms with Gasteiger partial charge in [0.2, 0.25) is 0 Å². The molecule has 1 N–H and O–H groups in total. The molecule has 100 valence electrons. The molecule has 0 aromatic heterocycles. The summed E-state index contributed by atoms with van der Waals surface area (Å²) in [5.41, 5.74) is 1.18. The SMILES string of the molecule is C=C(CNC1CC1)COCC(CC)CCCC. The van der Waals surface area contributed by atoms with Crippen LogP contribution in [0.2, 0.25) is 0 Å². The Morgan fingerprint density at radius 2 is 2.18 bits per heavy atom. The number of nitrogens with one attached hydrogen (secondary N) is 1. The molecule has 0 saturated heterocycles. The van der Waals surface area contributed by atoms with E-state index >= 15 is 0 Å². The van der Waals surface area contributed by atoms with Crippen LogP contribution in [0, 0.1) is 5.92 Å². The molecule has 0 heterocycles. The van der Waals surface area contributed by atoms with Gasteiger partial charge in [0.05, 0.1) is 6.61 Å². The molecule has 1 aliphatic rings. The fraction of sp³-hybridized carbons (Fsp3) is 0.867. The van der Waals surface area contributed by atoms with E-state index in [0.29, 0.717) is 0 Å². The predicted molar refractivity (Wildman–Crippen MR) is 74.3 cm³/mol. The number of unbranched alkanes of at least 4 members (excludes halogenated alkanes) is 1. The van der Waals surface area contributed by atoms with Crippen LogP contribution < -0.4 is 5.32 Å². The number of hydrogen-bond donors (Lipinski definition) is 1. The zero-order valence-corrected chi connectivity index (χ0v) is 11.6. The monoisotopic (exact) mass is 239 g/mol. The van der Waals surface area contributed by atoms with Gasteiger partial charge in [-0.25, -0.2) is 0 Å². The topological polar surface area (TPSA) is 21.3 Å². The third-order valence-corrected chi connectivity index (χ3v) is 3.42. The fourth-order valence-corrected chi connectivity index (χ4v) is 1.90. The molecule has 0 bridgehead atoms. The third-order valence-electron chi connectivity index (χ3n) is 3.42. The maximum atomic E-state index is 5.76. The van der Waals surface area contributed by atoms with Crippen LogP contribution in [-0.2, 0) is 4.74 Å². The molecule has 1 saturated carbocycles. The van der Waals surface area contributed by atoms with Crippen LogP contribution >= 0.6 is 0 Å². The van der Waals surface area contributed by atoms with Gasteiger partial charge in [-0.2, -0.15) is 0 Å². The zero-order valence-electron chi connectivity index (χ0n) is 11.6. The summed E-state index contributed by atoms with van der Waals surface area (Å²) >= 11 is 0. The van der Waals surface area contributed by atoms with Gasteiger partial charge in [-0.15, -0.1) is 0 Å². The molecule has 2 heteroatoms. The van der Waals surface area contributed by atoms with Crippen molar-refractivity contribution in [3.63, 3.8) is 0 Å². The minimum Gasteiger partial charge on any atom is -0.377 e. The van der Waals surface area contributed by atoms with Gasteiger partial charge in [0.25, 0.3) is 0 Å². The largest absolute Gasteiger partial charge is 0.377 e. The van der Waals surface area contributed by atoms with Crippen molar-refractivity contribution in [3.05, 3.63) is 12.2 Å². The summed E-state index contributed by atoms with van der Waals surface area (Å²) < 4.78 is 5.76. The number of rotatable bonds is 11. The van der Waals surface area contributed by atoms with Gasteiger partial charge in [-0.1, -0.05) is 39.7 Å². The minimum atomic E-state index is 0.725. The molecule has 1 unspecified atom stereocenters. The van der Waals surface area contributed by atoms with Gasteiger partial charge >= 0.3 is 0 Å². The highest BCUT2D eigenvalue weighted by Gasteiger charge is 2.20. The Labute approximate surface area is 107 Å². The Hall–Kier alpha value is -0.340. The van der Waals surface area contributed by atoms with Crippen LogP contribution in [0.3, 0.4) is 0 Å². The van der Waals surface area contributed by atoms with Gasteiger partial charge in [0.15, 0.2) is 0 Å². The molecule has 0 radical (unpaired) electrons. The van der Waals surface area contributed by atoms with Gasteiger partial charge in [0.1, 0.15) is 0 Å². The highest BCUT2D eigenvalue weighted by Crippen LogP contribution is 2.18. The standard InChI is InChI=1S/C15H29NO/c1-4-6-7-14(5-2)12-17-11-13(3)10-16-15-8-9-15/h14-16H,3-12H2,1-2H3. The molecule has 2 nitrogen and oxygen atoms in total. The van der Waals surface area contributed by atoms with E-state index in [-0.39, 0.29) is 0 Å². The molecule has 0 aromatic carbocycles. The van der Waals surface area contributed by atoms with Gasteiger partial charge < -0.3 is 10.1 Å². The van der Waals surface area contributed by atoms with Crippen LogP contribution in [0.4, 0.5) is 0 Å². The molecule has 17 heavy (non-hydrogen) atoms. The van der Waals surface area contributed by atoms with Crippen molar-refractivity contribution in [3.8, 4) is 0 Å². The van der Waals surface area contributed by atoms with Crippen LogP contribution in [0.1, 0.15) is 52.4 Å². The molecule has 0 amide bonds. The predicted octanol–water partition coefficient (Wildman–Crippen LogP) is 3.53. The summed E-state index contributed by atoms with van der Waals surface area (Å²) in [4.78, 5) is 0. The Balaban J connectivity index is 1.97. The molecule has 0 spiro atoms. The van der Waals surface area contributed by atoms with Crippen molar-refractivity contribution in [2.75, 3.05) is 19.8 Å². The molecule has 1 atom stereocenters. The van der Waals surface area contributed by atoms with E-state index < -0.39 is 0 Å². The summed E-state index contributed by atoms with van der Waals surface area (Å²) in [6.45, 7) is 11.1. The van der Waals surface area contributed by atoms with Crippen LogP contribution in [0.25, 0.3) is 0 Å². The normalized spacial score (nSPS) is 17.1. The number of ether oxygens (including phenoxy) is 1. The van der Waals surface area contributed by atoms with Crippen LogP contribution in [0.15, 0.2) is 12.2 Å². The molecular weight excluding hydrogens is 210 g/mol. The number of hydrogen-bond acceptors (Lipinski definition) is 2. The smallest absolute Gasteiger partial charge is 0.0686 e. The average molecular weight is 239 g/mol. The minimum absolute atomic E-state index is 0.725. The van der Waals surface area contributed by atoms with Crippen molar-refractivity contribution < 1.29 is 4.74 Å². The van der Waals surface area contributed by atoms with Crippen molar-refractivity contribution in [1.82, 2.24) is 5.32 Å². The molecule has 0 aromatic rings. The highest BCUT2D eigenvalue weighted by molar-refractivity contribution is 4.99. The highest BCUT2D eigenvalue weighted by atomic mass is 16.5. The molecular formula is C15H29NO. The van der Waals surface area contributed by atoms with E-state index in [2.05, 4.69) is 25.7 Å². The first-order valence-electron chi connectivity index (χ1n) is 7.24. The van der Waals surface area contributed by atoms with E-state index in [9.17, 15) is 0 Å². The van der Waals surface area contributed by atoms with E-state index in [4.69, 9.17) is 4.74 Å². The first kappa shape index (κ1) is 14.7. The van der Waals surface area contributed by atoms with E-state index in [0.717, 1.165) is 31.7 Å². The van der Waals surface area contributed by atoms with E-state index in [1.165, 1.54) is 44.1 Å². The zero-order chi connectivity index (χ0) is 12.5. The maximum absolute atomic E-state index is 5.76. The first-order valence-corrected chi connectivity index (χ1v) is 7.24. The Bertz CT molecular complexity index is 211. The lowest BCUT2D eigenvalue weighted by molar-refractivity contribution is 0.110.